The van der Waals surface area contributed by atoms with E-state index in [4.69, 9.17) is 0 Å². The van der Waals surface area contributed by atoms with Crippen molar-refractivity contribution in [1.29, 1.82) is 0 Å². The molecule has 4 rings (SSSR count). The Hall–Kier alpha value is -3.10. The first-order valence-electron chi connectivity index (χ1n) is 8.80. The fourth-order valence-corrected chi connectivity index (χ4v) is 4.12. The number of rotatable bonds is 4. The summed E-state index contributed by atoms with van der Waals surface area (Å²) in [7, 11) is 0. The molecular formula is C24H23BN-. The van der Waals surface area contributed by atoms with Crippen LogP contribution in [0.3, 0.4) is 0 Å². The van der Waals surface area contributed by atoms with Gasteiger partial charge in [0.1, 0.15) is 6.15 Å². The minimum Gasteiger partial charge on any atom is -0.344 e. The Labute approximate surface area is 155 Å². The molecule has 0 saturated heterocycles. The first-order chi connectivity index (χ1) is 12.4. The van der Waals surface area contributed by atoms with Crippen molar-refractivity contribution in [3.05, 3.63) is 121 Å². The molecule has 2 heteroatoms. The van der Waals surface area contributed by atoms with Gasteiger partial charge in [0.2, 0.25) is 0 Å². The van der Waals surface area contributed by atoms with Gasteiger partial charge in [-0.1, -0.05) is 121 Å². The van der Waals surface area contributed by atoms with Crippen molar-refractivity contribution in [3.63, 3.8) is 0 Å². The van der Waals surface area contributed by atoms with E-state index >= 15 is 0 Å². The van der Waals surface area contributed by atoms with Gasteiger partial charge in [-0.25, -0.2) is 0 Å². The Bertz CT molecular complexity index is 759. The summed E-state index contributed by atoms with van der Waals surface area (Å²) in [6.07, 6.45) is -1.22. The third-order valence-electron chi connectivity index (χ3n) is 5.20. The molecule has 4 aromatic rings. The largest absolute Gasteiger partial charge is 0.344 e. The maximum absolute atomic E-state index is 2.26. The maximum Gasteiger partial charge on any atom is 0.108 e. The molecule has 26 heavy (non-hydrogen) atoms. The molecule has 0 bridgehead atoms. The third kappa shape index (κ3) is 2.96. The zero-order chi connectivity index (χ0) is 17.0. The van der Waals surface area contributed by atoms with Gasteiger partial charge >= 0.3 is 0 Å². The first kappa shape index (κ1) is 17.7. The zero-order valence-corrected chi connectivity index (χ0v) is 14.8. The van der Waals surface area contributed by atoms with Crippen LogP contribution in [0.15, 0.2) is 121 Å². The summed E-state index contributed by atoms with van der Waals surface area (Å²) < 4.78 is 0. The number of hydrogen-bond donors (Lipinski definition) is 1. The zero-order valence-electron chi connectivity index (χ0n) is 14.8. The van der Waals surface area contributed by atoms with Crippen molar-refractivity contribution in [2.75, 3.05) is 0 Å². The molecule has 0 amide bonds. The molecule has 1 nitrogen and oxygen atoms in total. The lowest BCUT2D eigenvalue weighted by Gasteiger charge is -2.44. The van der Waals surface area contributed by atoms with E-state index in [1.807, 2.05) is 0 Å². The lowest BCUT2D eigenvalue weighted by molar-refractivity contribution is 1.66. The molecule has 0 atom stereocenters. The topological polar surface area (TPSA) is 35.0 Å². The summed E-state index contributed by atoms with van der Waals surface area (Å²) in [4.78, 5) is 0. The summed E-state index contributed by atoms with van der Waals surface area (Å²) in [5.41, 5.74) is 5.36. The Balaban J connectivity index is 0.00000196. The number of benzene rings is 4. The number of hydrogen-bond acceptors (Lipinski definition) is 1. The lowest BCUT2D eigenvalue weighted by Crippen LogP contribution is -2.74. The third-order valence-corrected chi connectivity index (χ3v) is 5.20. The Kier molecular flexibility index (Phi) is 5.35. The standard InChI is InChI=1S/C24H20B.H3N/c1-5-13-21(14-6-1)25(22-15-7-2-8-16-22,23-17-9-3-10-18-23)24-19-11-4-12-20-24;/h1-20H;1H3/q-1;. The normalized spacial score (nSPS) is 10.8. The van der Waals surface area contributed by atoms with Gasteiger partial charge < -0.3 is 6.15 Å². The van der Waals surface area contributed by atoms with Crippen LogP contribution in [0.25, 0.3) is 0 Å². The van der Waals surface area contributed by atoms with Gasteiger partial charge in [0.05, 0.1) is 0 Å². The predicted molar refractivity (Wildman–Crippen MR) is 115 cm³/mol. The Morgan fingerprint density at radius 2 is 0.500 bits per heavy atom. The maximum atomic E-state index is 2.26. The van der Waals surface area contributed by atoms with E-state index in [-0.39, 0.29) is 6.15 Å². The van der Waals surface area contributed by atoms with E-state index in [2.05, 4.69) is 121 Å². The van der Waals surface area contributed by atoms with Crippen LogP contribution in [0.4, 0.5) is 0 Å². The van der Waals surface area contributed by atoms with Crippen molar-refractivity contribution < 1.29 is 0 Å². The van der Waals surface area contributed by atoms with Gasteiger partial charge in [-0.05, 0) is 0 Å². The summed E-state index contributed by atoms with van der Waals surface area (Å²) in [5, 5.41) is 0. The average Bonchev–Trinajstić information content (AvgIpc) is 2.72. The smallest absolute Gasteiger partial charge is 0.108 e. The second-order valence-electron chi connectivity index (χ2n) is 6.51. The van der Waals surface area contributed by atoms with Crippen LogP contribution in [0, 0.1) is 0 Å². The van der Waals surface area contributed by atoms with Crippen LogP contribution in [0.1, 0.15) is 0 Å². The highest BCUT2D eigenvalue weighted by Gasteiger charge is 2.30. The summed E-state index contributed by atoms with van der Waals surface area (Å²) in [6, 6.07) is 43.5. The van der Waals surface area contributed by atoms with Crippen molar-refractivity contribution in [3.8, 4) is 0 Å². The molecule has 0 radical (unpaired) electrons. The van der Waals surface area contributed by atoms with Gasteiger partial charge in [-0.15, -0.1) is 0 Å². The van der Waals surface area contributed by atoms with E-state index in [9.17, 15) is 0 Å². The minimum atomic E-state index is -1.22. The lowest BCUT2D eigenvalue weighted by atomic mass is 9.13. The van der Waals surface area contributed by atoms with Gasteiger partial charge in [0.25, 0.3) is 0 Å². The van der Waals surface area contributed by atoms with Crippen molar-refractivity contribution in [2.24, 2.45) is 0 Å². The van der Waals surface area contributed by atoms with E-state index in [1.54, 1.807) is 0 Å². The van der Waals surface area contributed by atoms with Crippen LogP contribution >= 0.6 is 0 Å². The van der Waals surface area contributed by atoms with Crippen molar-refractivity contribution in [2.45, 2.75) is 0 Å². The highest BCUT2D eigenvalue weighted by atomic mass is 14.1. The molecule has 128 valence electrons. The molecule has 0 fully saturated rings. The van der Waals surface area contributed by atoms with Gasteiger partial charge in [0.15, 0.2) is 0 Å². The van der Waals surface area contributed by atoms with E-state index in [0.29, 0.717) is 0 Å². The van der Waals surface area contributed by atoms with Gasteiger partial charge in [-0.2, -0.15) is 21.9 Å². The van der Waals surface area contributed by atoms with E-state index < -0.39 is 6.15 Å². The summed E-state index contributed by atoms with van der Waals surface area (Å²) >= 11 is 0. The quantitative estimate of drug-likeness (QED) is 0.571. The predicted octanol–water partition coefficient (Wildman–Crippen LogP) is 3.23. The SMILES string of the molecule is N.c1ccc([B-](c2ccccc2)(c2ccccc2)c2ccccc2)cc1. The molecule has 0 saturated carbocycles. The second kappa shape index (κ2) is 7.86. The summed E-state index contributed by atoms with van der Waals surface area (Å²) in [5.74, 6) is 0. The van der Waals surface area contributed by atoms with Crippen molar-refractivity contribution in [1.82, 2.24) is 6.15 Å². The van der Waals surface area contributed by atoms with Crippen LogP contribution in [-0.2, 0) is 0 Å². The fraction of sp³-hybridized carbons (Fsp3) is 0. The molecule has 0 spiro atoms. The summed E-state index contributed by atoms with van der Waals surface area (Å²) in [6.45, 7) is 0. The van der Waals surface area contributed by atoms with E-state index in [1.165, 1.54) is 21.9 Å². The highest BCUT2D eigenvalue weighted by molar-refractivity contribution is 7.19. The molecular weight excluding hydrogens is 313 g/mol. The molecule has 3 N–H and O–H groups in total. The molecule has 0 aromatic heterocycles. The van der Waals surface area contributed by atoms with Crippen LogP contribution < -0.4 is 28.0 Å². The van der Waals surface area contributed by atoms with Crippen LogP contribution in [-0.4, -0.2) is 6.15 Å². The Morgan fingerprint density at radius 3 is 0.692 bits per heavy atom. The monoisotopic (exact) mass is 336 g/mol. The van der Waals surface area contributed by atoms with Crippen molar-refractivity contribution >= 4 is 28.0 Å². The van der Waals surface area contributed by atoms with Gasteiger partial charge in [0, 0.05) is 0 Å². The molecule has 0 aliphatic heterocycles. The van der Waals surface area contributed by atoms with Crippen LogP contribution in [0.5, 0.6) is 0 Å². The first-order valence-corrected chi connectivity index (χ1v) is 8.80. The fourth-order valence-electron chi connectivity index (χ4n) is 4.12. The molecule has 0 aliphatic rings. The molecule has 4 aromatic carbocycles. The Morgan fingerprint density at radius 1 is 0.308 bits per heavy atom. The molecule has 0 heterocycles. The average molecular weight is 336 g/mol. The highest BCUT2D eigenvalue weighted by Crippen LogP contribution is 2.09. The van der Waals surface area contributed by atoms with E-state index in [0.717, 1.165) is 0 Å². The van der Waals surface area contributed by atoms with Gasteiger partial charge in [-0.3, -0.25) is 0 Å². The minimum absolute atomic E-state index is 0. The second-order valence-corrected chi connectivity index (χ2v) is 6.51. The molecule has 0 aliphatic carbocycles. The van der Waals surface area contributed by atoms with Crippen LogP contribution in [0.2, 0.25) is 0 Å². The molecule has 0 unspecified atom stereocenters.